The van der Waals surface area contributed by atoms with Crippen molar-refractivity contribution in [2.75, 3.05) is 48.4 Å². The number of halogens is 1. The molecular formula is C32H46ClN7O2S. The molecule has 3 heterocycles. The van der Waals surface area contributed by atoms with E-state index in [0.717, 1.165) is 41.3 Å². The lowest BCUT2D eigenvalue weighted by Gasteiger charge is -2.45. The van der Waals surface area contributed by atoms with Gasteiger partial charge < -0.3 is 20.2 Å². The Labute approximate surface area is 266 Å². The molecule has 1 fully saturated rings. The maximum atomic E-state index is 13.9. The molecule has 1 saturated heterocycles. The molecule has 2 N–H and O–H groups in total. The fourth-order valence-corrected chi connectivity index (χ4v) is 7.35. The number of amides is 1. The third-order valence-electron chi connectivity index (χ3n) is 8.10. The van der Waals surface area contributed by atoms with Crippen LogP contribution in [-0.4, -0.2) is 76.2 Å². The maximum absolute atomic E-state index is 13.9. The van der Waals surface area contributed by atoms with Crippen LogP contribution in [0.25, 0.3) is 0 Å². The summed E-state index contributed by atoms with van der Waals surface area (Å²) in [6.45, 7) is 20.3. The number of benzene rings is 1. The predicted molar refractivity (Wildman–Crippen MR) is 179 cm³/mol. The second kappa shape index (κ2) is 13.5. The number of β-amino-alcohol motifs (C(OH)–C–C–N with tert-alkyl or cyclic N) is 1. The van der Waals surface area contributed by atoms with Gasteiger partial charge in [0.05, 0.1) is 23.0 Å². The van der Waals surface area contributed by atoms with Gasteiger partial charge in [-0.25, -0.2) is 15.0 Å². The topological polar surface area (TPSA) is 97.7 Å². The van der Waals surface area contributed by atoms with Crippen molar-refractivity contribution >= 4 is 51.3 Å². The Morgan fingerprint density at radius 1 is 1.16 bits per heavy atom. The van der Waals surface area contributed by atoms with Crippen LogP contribution in [0.5, 0.6) is 0 Å². The maximum Gasteiger partial charge on any atom is 0.270 e. The number of piperazine rings is 1. The first kappa shape index (κ1) is 31.6. The number of carbonyl (C=O) groups is 1. The minimum Gasteiger partial charge on any atom is -0.395 e. The van der Waals surface area contributed by atoms with Gasteiger partial charge in [0, 0.05) is 52.1 Å². The van der Waals surface area contributed by atoms with Gasteiger partial charge in [-0.3, -0.25) is 9.69 Å². The Kier molecular flexibility index (Phi) is 9.90. The standard InChI is InChI=1S/C32H46ClN7O2S/c1-17(2)27-22(8)19(5)13-24(33)28(27)38(10)31(42)29-23(9)34-32(43-29)36-25-14-26(37-30(35-25)18(3)4)40-20(6)15-39(11-12-41)16-21(40)7/h13-14,17-18,20-21,41H,11-12,15-16H2,1-10H3,(H,34,35,36,37)/i18D. The van der Waals surface area contributed by atoms with Gasteiger partial charge >= 0.3 is 0 Å². The third-order valence-corrected chi connectivity index (χ3v) is 9.45. The Morgan fingerprint density at radius 2 is 1.81 bits per heavy atom. The zero-order valence-electron chi connectivity index (χ0n) is 28.0. The number of nitrogens with one attached hydrogen (secondary N) is 1. The largest absolute Gasteiger partial charge is 0.395 e. The summed E-state index contributed by atoms with van der Waals surface area (Å²) in [5.41, 5.74) is 4.62. The summed E-state index contributed by atoms with van der Waals surface area (Å²) in [6, 6.07) is 4.09. The fourth-order valence-electron chi connectivity index (χ4n) is 6.01. The number of aliphatic hydroxyl groups excluding tert-OH is 1. The van der Waals surface area contributed by atoms with Gasteiger partial charge in [-0.05, 0) is 63.3 Å². The minimum absolute atomic E-state index is 0.127. The Morgan fingerprint density at radius 3 is 2.40 bits per heavy atom. The van der Waals surface area contributed by atoms with Gasteiger partial charge in [-0.15, -0.1) is 0 Å². The summed E-state index contributed by atoms with van der Waals surface area (Å²) >= 11 is 8.01. The molecule has 4 rings (SSSR count). The summed E-state index contributed by atoms with van der Waals surface area (Å²) in [6.07, 6.45) is 0. The Hall–Kier alpha value is -2.79. The number of hydrogen-bond acceptors (Lipinski definition) is 9. The molecule has 3 aromatic rings. The highest BCUT2D eigenvalue weighted by Crippen LogP contribution is 2.40. The van der Waals surface area contributed by atoms with Gasteiger partial charge in [0.2, 0.25) is 0 Å². The van der Waals surface area contributed by atoms with E-state index < -0.39 is 5.89 Å². The smallest absolute Gasteiger partial charge is 0.270 e. The van der Waals surface area contributed by atoms with E-state index in [-0.39, 0.29) is 30.5 Å². The highest BCUT2D eigenvalue weighted by molar-refractivity contribution is 7.17. The molecule has 2 unspecified atom stereocenters. The molecule has 2 aromatic heterocycles. The Bertz CT molecular complexity index is 1510. The molecule has 43 heavy (non-hydrogen) atoms. The van der Waals surface area contributed by atoms with Gasteiger partial charge in [-0.1, -0.05) is 50.6 Å². The molecule has 234 valence electrons. The lowest BCUT2D eigenvalue weighted by molar-refractivity contribution is 0.0996. The summed E-state index contributed by atoms with van der Waals surface area (Å²) in [4.78, 5) is 34.7. The molecule has 1 amide bonds. The number of aliphatic hydroxyl groups is 1. The van der Waals surface area contributed by atoms with Crippen LogP contribution in [-0.2, 0) is 0 Å². The van der Waals surface area contributed by atoms with Crippen molar-refractivity contribution in [3.63, 3.8) is 0 Å². The summed E-state index contributed by atoms with van der Waals surface area (Å²) in [5, 5.41) is 13.8. The van der Waals surface area contributed by atoms with Crippen molar-refractivity contribution in [2.24, 2.45) is 0 Å². The van der Waals surface area contributed by atoms with E-state index in [1.165, 1.54) is 11.3 Å². The highest BCUT2D eigenvalue weighted by Gasteiger charge is 2.31. The number of thiazole rings is 1. The van der Waals surface area contributed by atoms with Gasteiger partial charge in [0.25, 0.3) is 5.91 Å². The molecule has 0 radical (unpaired) electrons. The minimum atomic E-state index is -1.03. The van der Waals surface area contributed by atoms with E-state index in [2.05, 4.69) is 54.7 Å². The van der Waals surface area contributed by atoms with Crippen LogP contribution in [0.1, 0.15) is 92.6 Å². The van der Waals surface area contributed by atoms with E-state index >= 15 is 0 Å². The van der Waals surface area contributed by atoms with Crippen molar-refractivity contribution < 1.29 is 11.3 Å². The van der Waals surface area contributed by atoms with E-state index in [1.807, 2.05) is 26.0 Å². The van der Waals surface area contributed by atoms with Crippen molar-refractivity contribution in [3.8, 4) is 0 Å². The molecule has 0 bridgehead atoms. The molecule has 0 spiro atoms. The number of aryl methyl sites for hydroxylation is 2. The number of carbonyl (C=O) groups excluding carboxylic acids is 1. The number of rotatable bonds is 9. The molecule has 1 aliphatic rings. The van der Waals surface area contributed by atoms with Crippen LogP contribution in [0.2, 0.25) is 5.02 Å². The molecule has 9 nitrogen and oxygen atoms in total. The average molecular weight is 629 g/mol. The summed E-state index contributed by atoms with van der Waals surface area (Å²) < 4.78 is 8.68. The first-order chi connectivity index (χ1) is 20.5. The van der Waals surface area contributed by atoms with Gasteiger partial charge in [0.15, 0.2) is 5.13 Å². The zero-order chi connectivity index (χ0) is 32.7. The molecule has 0 saturated carbocycles. The van der Waals surface area contributed by atoms with Gasteiger partial charge in [0.1, 0.15) is 22.3 Å². The quantitative estimate of drug-likeness (QED) is 0.271. The van der Waals surface area contributed by atoms with Gasteiger partial charge in [-0.2, -0.15) is 0 Å². The lowest BCUT2D eigenvalue weighted by Crippen LogP contribution is -2.57. The van der Waals surface area contributed by atoms with Crippen LogP contribution in [0.4, 0.5) is 22.5 Å². The zero-order valence-corrected chi connectivity index (χ0v) is 28.6. The molecule has 1 aromatic carbocycles. The Balaban J connectivity index is 1.67. The lowest BCUT2D eigenvalue weighted by atomic mass is 9.92. The average Bonchev–Trinajstić information content (AvgIpc) is 3.28. The normalized spacial score (nSPS) is 18.3. The van der Waals surface area contributed by atoms with E-state index in [0.29, 0.717) is 38.9 Å². The highest BCUT2D eigenvalue weighted by atomic mass is 35.5. The molecule has 1 aliphatic heterocycles. The first-order valence-electron chi connectivity index (χ1n) is 15.4. The molecule has 11 heteroatoms. The first-order valence-corrected chi connectivity index (χ1v) is 16.1. The van der Waals surface area contributed by atoms with E-state index in [1.54, 1.807) is 25.8 Å². The number of hydrogen-bond donors (Lipinski definition) is 2. The van der Waals surface area contributed by atoms with Crippen LogP contribution in [0.3, 0.4) is 0 Å². The van der Waals surface area contributed by atoms with Crippen LogP contribution in [0, 0.1) is 20.8 Å². The van der Waals surface area contributed by atoms with Crippen LogP contribution >= 0.6 is 22.9 Å². The van der Waals surface area contributed by atoms with Crippen LogP contribution < -0.4 is 15.1 Å². The van der Waals surface area contributed by atoms with Crippen molar-refractivity contribution in [3.05, 3.63) is 50.2 Å². The second-order valence-electron chi connectivity index (χ2n) is 12.2. The number of nitrogens with zero attached hydrogens (tertiary/aromatic N) is 6. The monoisotopic (exact) mass is 628 g/mol. The van der Waals surface area contributed by atoms with Crippen molar-refractivity contribution in [1.82, 2.24) is 19.9 Å². The van der Waals surface area contributed by atoms with E-state index in [4.69, 9.17) is 22.9 Å². The van der Waals surface area contributed by atoms with Crippen molar-refractivity contribution in [1.29, 1.82) is 0 Å². The van der Waals surface area contributed by atoms with E-state index in [9.17, 15) is 9.90 Å². The second-order valence-corrected chi connectivity index (χ2v) is 13.6. The molecule has 2 atom stereocenters. The third kappa shape index (κ3) is 6.98. The SMILES string of the molecule is [2H]C(C)(C)c1nc(Nc2nc(C)c(C(=O)N(C)c3c(Cl)cc(C)c(C)c3C(C)C)s2)cc(N2C(C)CN(CCO)CC2C)n1. The number of aromatic nitrogens is 3. The fraction of sp³-hybridized carbons (Fsp3) is 0.562. The van der Waals surface area contributed by atoms with Crippen molar-refractivity contribution in [2.45, 2.75) is 86.2 Å². The molecule has 0 aliphatic carbocycles. The predicted octanol–water partition coefficient (Wildman–Crippen LogP) is 6.67. The summed E-state index contributed by atoms with van der Waals surface area (Å²) in [7, 11) is 1.76. The van der Waals surface area contributed by atoms with Crippen LogP contribution in [0.15, 0.2) is 12.1 Å². The number of anilines is 4. The summed E-state index contributed by atoms with van der Waals surface area (Å²) in [5.74, 6) is 0.617. The molecular weight excluding hydrogens is 582 g/mol.